The van der Waals surface area contributed by atoms with E-state index in [-0.39, 0.29) is 5.69 Å². The highest BCUT2D eigenvalue weighted by molar-refractivity contribution is 5.85. The largest absolute Gasteiger partial charge is 0.476 e. The lowest BCUT2D eigenvalue weighted by Gasteiger charge is -2.29. The smallest absolute Gasteiger partial charge is 0.356 e. The Kier molecular flexibility index (Phi) is 4.26. The molecule has 2 rings (SSSR count). The fourth-order valence-corrected chi connectivity index (χ4v) is 2.80. The van der Waals surface area contributed by atoms with E-state index in [0.717, 1.165) is 37.7 Å². The molecule has 110 valence electrons. The van der Waals surface area contributed by atoms with E-state index in [1.807, 2.05) is 0 Å². The Labute approximate surface area is 120 Å². The molecule has 0 amide bonds. The van der Waals surface area contributed by atoms with Crippen molar-refractivity contribution in [2.24, 2.45) is 11.3 Å². The zero-order valence-electron chi connectivity index (χ0n) is 12.5. The molecule has 1 fully saturated rings. The van der Waals surface area contributed by atoms with Gasteiger partial charge >= 0.3 is 5.97 Å². The van der Waals surface area contributed by atoms with Gasteiger partial charge in [0.15, 0.2) is 11.5 Å². The van der Waals surface area contributed by atoms with Crippen LogP contribution in [0, 0.1) is 11.3 Å². The minimum absolute atomic E-state index is 0.00357. The average Bonchev–Trinajstić information content (AvgIpc) is 2.64. The number of aromatic carboxylic acids is 1. The second kappa shape index (κ2) is 5.77. The first kappa shape index (κ1) is 14.8. The maximum Gasteiger partial charge on any atom is 0.356 e. The summed E-state index contributed by atoms with van der Waals surface area (Å²) in [6.07, 6.45) is 3.52. The summed E-state index contributed by atoms with van der Waals surface area (Å²) in [5, 5.41) is 16.6. The minimum Gasteiger partial charge on any atom is -0.476 e. The van der Waals surface area contributed by atoms with Gasteiger partial charge in [-0.25, -0.2) is 4.79 Å². The van der Waals surface area contributed by atoms with Gasteiger partial charge in [-0.3, -0.25) is 0 Å². The van der Waals surface area contributed by atoms with Crippen molar-refractivity contribution in [3.05, 3.63) is 17.8 Å². The van der Waals surface area contributed by atoms with Crippen molar-refractivity contribution < 1.29 is 9.90 Å². The summed E-state index contributed by atoms with van der Waals surface area (Å²) < 4.78 is 0. The number of nitrogens with zero attached hydrogens (tertiary/aromatic N) is 3. The standard InChI is InChI=1S/C15H23N3O2/c1-15(2,3)11-5-4-9-18(10-8-11)13-7-6-12(14(19)20)16-17-13/h6-7,11H,4-5,8-10H2,1-3H3,(H,19,20). The van der Waals surface area contributed by atoms with Crippen LogP contribution in [0.4, 0.5) is 5.82 Å². The molecule has 1 unspecified atom stereocenters. The molecule has 0 saturated carbocycles. The normalized spacial score (nSPS) is 20.6. The summed E-state index contributed by atoms with van der Waals surface area (Å²) in [7, 11) is 0. The minimum atomic E-state index is -1.03. The van der Waals surface area contributed by atoms with E-state index in [2.05, 4.69) is 35.9 Å². The Hall–Kier alpha value is -1.65. The van der Waals surface area contributed by atoms with Crippen molar-refractivity contribution in [2.75, 3.05) is 18.0 Å². The Morgan fingerprint density at radius 2 is 2.00 bits per heavy atom. The first-order chi connectivity index (χ1) is 9.38. The lowest BCUT2D eigenvalue weighted by molar-refractivity contribution is 0.0689. The Bertz CT molecular complexity index is 465. The van der Waals surface area contributed by atoms with Gasteiger partial charge in [0.05, 0.1) is 0 Å². The molecule has 0 bridgehead atoms. The SMILES string of the molecule is CC(C)(C)C1CCCN(c2ccc(C(=O)O)nn2)CC1. The van der Waals surface area contributed by atoms with Gasteiger partial charge in [-0.2, -0.15) is 0 Å². The number of anilines is 1. The van der Waals surface area contributed by atoms with Crippen LogP contribution in [-0.4, -0.2) is 34.4 Å². The van der Waals surface area contributed by atoms with E-state index in [0.29, 0.717) is 5.41 Å². The van der Waals surface area contributed by atoms with Crippen LogP contribution in [0.3, 0.4) is 0 Å². The van der Waals surface area contributed by atoms with Crippen LogP contribution in [0.5, 0.6) is 0 Å². The molecule has 1 atom stereocenters. The first-order valence-corrected chi connectivity index (χ1v) is 7.20. The molecule has 5 nitrogen and oxygen atoms in total. The van der Waals surface area contributed by atoms with Crippen molar-refractivity contribution in [2.45, 2.75) is 40.0 Å². The van der Waals surface area contributed by atoms with Gasteiger partial charge in [0.2, 0.25) is 0 Å². The van der Waals surface area contributed by atoms with Crippen LogP contribution >= 0.6 is 0 Å². The maximum absolute atomic E-state index is 10.8. The van der Waals surface area contributed by atoms with E-state index in [9.17, 15) is 4.79 Å². The molecule has 1 aromatic heterocycles. The highest BCUT2D eigenvalue weighted by Gasteiger charge is 2.27. The van der Waals surface area contributed by atoms with Crippen LogP contribution in [0.1, 0.15) is 50.5 Å². The number of carboxylic acids is 1. The maximum atomic E-state index is 10.8. The Morgan fingerprint density at radius 1 is 1.25 bits per heavy atom. The number of hydrogen-bond acceptors (Lipinski definition) is 4. The number of rotatable bonds is 2. The fourth-order valence-electron chi connectivity index (χ4n) is 2.80. The topological polar surface area (TPSA) is 66.3 Å². The number of aromatic nitrogens is 2. The number of carboxylic acid groups (broad SMARTS) is 1. The monoisotopic (exact) mass is 277 g/mol. The summed E-state index contributed by atoms with van der Waals surface area (Å²) >= 11 is 0. The van der Waals surface area contributed by atoms with E-state index < -0.39 is 5.97 Å². The molecule has 20 heavy (non-hydrogen) atoms. The summed E-state index contributed by atoms with van der Waals surface area (Å²) in [6, 6.07) is 3.28. The van der Waals surface area contributed by atoms with Gasteiger partial charge in [-0.15, -0.1) is 10.2 Å². The second-order valence-corrected chi connectivity index (χ2v) is 6.56. The zero-order valence-corrected chi connectivity index (χ0v) is 12.5. The second-order valence-electron chi connectivity index (χ2n) is 6.56. The zero-order chi connectivity index (χ0) is 14.8. The molecule has 2 heterocycles. The third-order valence-corrected chi connectivity index (χ3v) is 4.15. The molecule has 1 aromatic rings. The molecule has 0 aromatic carbocycles. The molecular formula is C15H23N3O2. The molecular weight excluding hydrogens is 254 g/mol. The summed E-state index contributed by atoms with van der Waals surface area (Å²) in [6.45, 7) is 8.83. The lowest BCUT2D eigenvalue weighted by Crippen LogP contribution is -2.27. The summed E-state index contributed by atoms with van der Waals surface area (Å²) in [5.41, 5.74) is 0.339. The quantitative estimate of drug-likeness (QED) is 0.900. The third-order valence-electron chi connectivity index (χ3n) is 4.15. The van der Waals surface area contributed by atoms with Crippen molar-refractivity contribution >= 4 is 11.8 Å². The summed E-state index contributed by atoms with van der Waals surface area (Å²) in [4.78, 5) is 13.0. The summed E-state index contributed by atoms with van der Waals surface area (Å²) in [5.74, 6) is 0.469. The van der Waals surface area contributed by atoms with Crippen molar-refractivity contribution in [3.8, 4) is 0 Å². The predicted molar refractivity (Wildman–Crippen MR) is 78.0 cm³/mol. The first-order valence-electron chi connectivity index (χ1n) is 7.20. The lowest BCUT2D eigenvalue weighted by atomic mass is 9.77. The van der Waals surface area contributed by atoms with Crippen LogP contribution in [0.15, 0.2) is 12.1 Å². The van der Waals surface area contributed by atoms with Crippen molar-refractivity contribution in [3.63, 3.8) is 0 Å². The predicted octanol–water partition coefficient (Wildman–Crippen LogP) is 2.83. The van der Waals surface area contributed by atoms with E-state index in [4.69, 9.17) is 5.11 Å². The average molecular weight is 277 g/mol. The van der Waals surface area contributed by atoms with Crippen molar-refractivity contribution in [1.82, 2.24) is 10.2 Å². The van der Waals surface area contributed by atoms with Gasteiger partial charge in [0, 0.05) is 13.1 Å². The van der Waals surface area contributed by atoms with E-state index >= 15 is 0 Å². The fraction of sp³-hybridized carbons (Fsp3) is 0.667. The van der Waals surface area contributed by atoms with Crippen LogP contribution in [0.2, 0.25) is 0 Å². The van der Waals surface area contributed by atoms with Gasteiger partial charge in [-0.05, 0) is 42.7 Å². The van der Waals surface area contributed by atoms with Crippen LogP contribution < -0.4 is 4.90 Å². The molecule has 0 aliphatic carbocycles. The van der Waals surface area contributed by atoms with E-state index in [1.165, 1.54) is 12.5 Å². The van der Waals surface area contributed by atoms with E-state index in [1.54, 1.807) is 6.07 Å². The van der Waals surface area contributed by atoms with Gasteiger partial charge in [-0.1, -0.05) is 20.8 Å². The Morgan fingerprint density at radius 3 is 2.55 bits per heavy atom. The molecule has 0 radical (unpaired) electrons. The van der Waals surface area contributed by atoms with Gasteiger partial charge in [0.1, 0.15) is 0 Å². The third kappa shape index (κ3) is 3.46. The molecule has 1 saturated heterocycles. The Balaban J connectivity index is 2.05. The highest BCUT2D eigenvalue weighted by Crippen LogP contribution is 2.34. The number of hydrogen-bond donors (Lipinski definition) is 1. The van der Waals surface area contributed by atoms with Crippen molar-refractivity contribution in [1.29, 1.82) is 0 Å². The van der Waals surface area contributed by atoms with Crippen LogP contribution in [-0.2, 0) is 0 Å². The van der Waals surface area contributed by atoms with Crippen LogP contribution in [0.25, 0.3) is 0 Å². The molecule has 1 aliphatic heterocycles. The molecule has 1 N–H and O–H groups in total. The van der Waals surface area contributed by atoms with Gasteiger partial charge < -0.3 is 10.0 Å². The van der Waals surface area contributed by atoms with Gasteiger partial charge in [0.25, 0.3) is 0 Å². The molecule has 5 heteroatoms. The molecule has 1 aliphatic rings. The number of carbonyl (C=O) groups is 1. The molecule has 0 spiro atoms. The highest BCUT2D eigenvalue weighted by atomic mass is 16.4.